The van der Waals surface area contributed by atoms with E-state index in [0.29, 0.717) is 12.6 Å². The summed E-state index contributed by atoms with van der Waals surface area (Å²) in [5.41, 5.74) is 0.763. The number of benzene rings is 1. The summed E-state index contributed by atoms with van der Waals surface area (Å²) in [5.74, 6) is -0.847. The van der Waals surface area contributed by atoms with Crippen LogP contribution in [0.2, 0.25) is 0 Å². The minimum Gasteiger partial charge on any atom is -0.356 e. The molecular weight excluding hydrogens is 461 g/mol. The number of aliphatic imine (C=N–C) groups is 1. The lowest BCUT2D eigenvalue weighted by atomic mass is 10.0. The SMILES string of the molecule is CCN(CC)CCCC(C)NC(=NC)NCC(C)c1ccc(F)c(F)c1.I. The molecule has 0 heterocycles. The molecule has 2 unspecified atom stereocenters. The van der Waals surface area contributed by atoms with Crippen LogP contribution in [0.5, 0.6) is 0 Å². The highest BCUT2D eigenvalue weighted by Crippen LogP contribution is 2.17. The maximum absolute atomic E-state index is 13.4. The molecule has 4 nitrogen and oxygen atoms in total. The molecule has 156 valence electrons. The summed E-state index contributed by atoms with van der Waals surface area (Å²) in [5, 5.41) is 6.66. The molecule has 0 saturated heterocycles. The predicted octanol–water partition coefficient (Wildman–Crippen LogP) is 4.36. The average Bonchev–Trinajstić information content (AvgIpc) is 2.64. The minimum absolute atomic E-state index is 0. The maximum Gasteiger partial charge on any atom is 0.191 e. The van der Waals surface area contributed by atoms with Crippen LogP contribution >= 0.6 is 24.0 Å². The number of guanidine groups is 1. The second kappa shape index (κ2) is 14.1. The molecule has 0 amide bonds. The summed E-state index contributed by atoms with van der Waals surface area (Å²) in [6, 6.07) is 4.37. The van der Waals surface area contributed by atoms with Gasteiger partial charge < -0.3 is 15.5 Å². The molecule has 0 aliphatic heterocycles. The molecule has 0 aliphatic carbocycles. The van der Waals surface area contributed by atoms with E-state index in [1.165, 1.54) is 12.1 Å². The summed E-state index contributed by atoms with van der Waals surface area (Å²) < 4.78 is 26.4. The quantitative estimate of drug-likeness (QED) is 0.287. The Hall–Kier alpha value is -0.960. The summed E-state index contributed by atoms with van der Waals surface area (Å²) in [7, 11) is 1.74. The van der Waals surface area contributed by atoms with Gasteiger partial charge in [-0.15, -0.1) is 24.0 Å². The molecule has 27 heavy (non-hydrogen) atoms. The van der Waals surface area contributed by atoms with Crippen molar-refractivity contribution >= 4 is 29.9 Å². The Kier molecular flexibility index (Phi) is 13.6. The molecule has 1 aromatic carbocycles. The zero-order valence-electron chi connectivity index (χ0n) is 17.2. The molecule has 0 spiro atoms. The van der Waals surface area contributed by atoms with E-state index in [-0.39, 0.29) is 29.9 Å². The van der Waals surface area contributed by atoms with Gasteiger partial charge in [-0.1, -0.05) is 26.8 Å². The first-order chi connectivity index (χ1) is 12.4. The zero-order valence-corrected chi connectivity index (χ0v) is 19.5. The van der Waals surface area contributed by atoms with E-state index < -0.39 is 11.6 Å². The third kappa shape index (κ3) is 9.69. The summed E-state index contributed by atoms with van der Waals surface area (Å²) in [4.78, 5) is 6.67. The summed E-state index contributed by atoms with van der Waals surface area (Å²) in [6.07, 6.45) is 2.20. The van der Waals surface area contributed by atoms with E-state index in [2.05, 4.69) is 41.3 Å². The highest BCUT2D eigenvalue weighted by molar-refractivity contribution is 14.0. The van der Waals surface area contributed by atoms with E-state index >= 15 is 0 Å². The van der Waals surface area contributed by atoms with Gasteiger partial charge in [0.05, 0.1) is 0 Å². The van der Waals surface area contributed by atoms with Crippen LogP contribution in [-0.2, 0) is 0 Å². The monoisotopic (exact) mass is 496 g/mol. The first-order valence-corrected chi connectivity index (χ1v) is 9.55. The average molecular weight is 496 g/mol. The standard InChI is InChI=1S/C20H34F2N4.HI/c1-6-26(7-2)12-8-9-16(4)25-20(23-5)24-14-15(3)17-10-11-18(21)19(22)13-17;/h10-11,13,15-16H,6-9,12,14H2,1-5H3,(H2,23,24,25);1H. The van der Waals surface area contributed by atoms with E-state index in [1.54, 1.807) is 13.1 Å². The Morgan fingerprint density at radius 1 is 1.15 bits per heavy atom. The smallest absolute Gasteiger partial charge is 0.191 e. The van der Waals surface area contributed by atoms with E-state index in [0.717, 1.165) is 44.0 Å². The van der Waals surface area contributed by atoms with Crippen molar-refractivity contribution in [3.05, 3.63) is 35.4 Å². The molecule has 0 saturated carbocycles. The fourth-order valence-corrected chi connectivity index (χ4v) is 2.85. The zero-order chi connectivity index (χ0) is 19.5. The van der Waals surface area contributed by atoms with Crippen molar-refractivity contribution in [1.82, 2.24) is 15.5 Å². The van der Waals surface area contributed by atoms with Crippen LogP contribution in [0.15, 0.2) is 23.2 Å². The van der Waals surface area contributed by atoms with Gasteiger partial charge in [-0.05, 0) is 63.0 Å². The Morgan fingerprint density at radius 3 is 2.37 bits per heavy atom. The lowest BCUT2D eigenvalue weighted by Gasteiger charge is -2.22. The number of hydrogen-bond acceptors (Lipinski definition) is 2. The van der Waals surface area contributed by atoms with Crippen molar-refractivity contribution < 1.29 is 8.78 Å². The van der Waals surface area contributed by atoms with Crippen molar-refractivity contribution in [1.29, 1.82) is 0 Å². The minimum atomic E-state index is -0.815. The molecule has 0 aliphatic rings. The molecule has 0 fully saturated rings. The van der Waals surface area contributed by atoms with Crippen LogP contribution in [0.1, 0.15) is 52.0 Å². The highest BCUT2D eigenvalue weighted by Gasteiger charge is 2.11. The molecule has 1 rings (SSSR count). The van der Waals surface area contributed by atoms with Gasteiger partial charge in [0.25, 0.3) is 0 Å². The largest absolute Gasteiger partial charge is 0.356 e. The van der Waals surface area contributed by atoms with Gasteiger partial charge in [-0.25, -0.2) is 8.78 Å². The molecule has 2 atom stereocenters. The van der Waals surface area contributed by atoms with Crippen molar-refractivity contribution in [3.63, 3.8) is 0 Å². The van der Waals surface area contributed by atoms with Crippen LogP contribution in [-0.4, -0.2) is 50.1 Å². The van der Waals surface area contributed by atoms with Crippen LogP contribution in [0.4, 0.5) is 8.78 Å². The number of rotatable bonds is 10. The number of halogens is 3. The van der Waals surface area contributed by atoms with E-state index in [1.807, 2.05) is 6.92 Å². The van der Waals surface area contributed by atoms with Gasteiger partial charge >= 0.3 is 0 Å². The first-order valence-electron chi connectivity index (χ1n) is 9.55. The van der Waals surface area contributed by atoms with Gasteiger partial charge in [-0.2, -0.15) is 0 Å². The molecule has 7 heteroatoms. The first kappa shape index (κ1) is 26.0. The van der Waals surface area contributed by atoms with Crippen LogP contribution < -0.4 is 10.6 Å². The number of nitrogens with zero attached hydrogens (tertiary/aromatic N) is 2. The molecule has 0 radical (unpaired) electrons. The third-order valence-electron chi connectivity index (χ3n) is 4.70. The van der Waals surface area contributed by atoms with Gasteiger partial charge in [0.1, 0.15) is 0 Å². The highest BCUT2D eigenvalue weighted by atomic mass is 127. The van der Waals surface area contributed by atoms with Crippen molar-refractivity contribution in [3.8, 4) is 0 Å². The van der Waals surface area contributed by atoms with Gasteiger partial charge in [-0.3, -0.25) is 4.99 Å². The van der Waals surface area contributed by atoms with Crippen molar-refractivity contribution in [2.45, 2.75) is 52.5 Å². The molecule has 0 bridgehead atoms. The topological polar surface area (TPSA) is 39.7 Å². The van der Waals surface area contributed by atoms with Gasteiger partial charge in [0.15, 0.2) is 17.6 Å². The predicted molar refractivity (Wildman–Crippen MR) is 121 cm³/mol. The lowest BCUT2D eigenvalue weighted by molar-refractivity contribution is 0.292. The number of nitrogens with one attached hydrogen (secondary N) is 2. The lowest BCUT2D eigenvalue weighted by Crippen LogP contribution is -2.43. The molecular formula is C20H35F2IN4. The molecule has 0 aromatic heterocycles. The third-order valence-corrected chi connectivity index (χ3v) is 4.70. The molecule has 1 aromatic rings. The van der Waals surface area contributed by atoms with Crippen LogP contribution in [0.3, 0.4) is 0 Å². The normalized spacial score (nSPS) is 13.9. The van der Waals surface area contributed by atoms with E-state index in [4.69, 9.17) is 0 Å². The summed E-state index contributed by atoms with van der Waals surface area (Å²) in [6.45, 7) is 12.4. The Morgan fingerprint density at radius 2 is 1.81 bits per heavy atom. The van der Waals surface area contributed by atoms with Gasteiger partial charge in [0, 0.05) is 19.6 Å². The maximum atomic E-state index is 13.4. The molecule has 2 N–H and O–H groups in total. The Balaban J connectivity index is 0.00000676. The van der Waals surface area contributed by atoms with Crippen LogP contribution in [0, 0.1) is 11.6 Å². The fraction of sp³-hybridized carbons (Fsp3) is 0.650. The van der Waals surface area contributed by atoms with Gasteiger partial charge in [0.2, 0.25) is 0 Å². The van der Waals surface area contributed by atoms with Crippen molar-refractivity contribution in [2.75, 3.05) is 33.2 Å². The second-order valence-electron chi connectivity index (χ2n) is 6.74. The Bertz CT molecular complexity index is 565. The second-order valence-corrected chi connectivity index (χ2v) is 6.74. The van der Waals surface area contributed by atoms with Crippen LogP contribution in [0.25, 0.3) is 0 Å². The Labute approximate surface area is 180 Å². The summed E-state index contributed by atoms with van der Waals surface area (Å²) >= 11 is 0. The fourth-order valence-electron chi connectivity index (χ4n) is 2.85. The van der Waals surface area contributed by atoms with E-state index in [9.17, 15) is 8.78 Å². The number of hydrogen-bond donors (Lipinski definition) is 2. The van der Waals surface area contributed by atoms with Crippen molar-refractivity contribution in [2.24, 2.45) is 4.99 Å².